The molecule has 6 heteroatoms. The van der Waals surface area contributed by atoms with Crippen LogP contribution in [0.1, 0.15) is 39.0 Å². The fraction of sp³-hybridized carbons (Fsp3) is 0.778. The van der Waals surface area contributed by atoms with Crippen molar-refractivity contribution in [2.24, 2.45) is 5.18 Å². The molecule has 0 aromatic heterocycles. The second-order valence-electron chi connectivity index (χ2n) is 3.46. The van der Waals surface area contributed by atoms with Crippen molar-refractivity contribution in [2.45, 2.75) is 44.6 Å². The van der Waals surface area contributed by atoms with Crippen molar-refractivity contribution in [3.8, 4) is 0 Å². The van der Waals surface area contributed by atoms with Crippen molar-refractivity contribution in [3.63, 3.8) is 0 Å². The SMILES string of the molecule is CCC(CCC(=O)O)(CCC(=O)O)N=O. The van der Waals surface area contributed by atoms with E-state index in [0.29, 0.717) is 6.42 Å². The van der Waals surface area contributed by atoms with Crippen molar-refractivity contribution in [1.82, 2.24) is 0 Å². The van der Waals surface area contributed by atoms with Crippen LogP contribution in [0.15, 0.2) is 5.18 Å². The standard InChI is InChI=1S/C9H15NO5/c1-2-9(10-15,5-3-7(11)12)6-4-8(13)14/h2-6H2,1H3,(H,11,12)(H,13,14). The number of hydrogen-bond donors (Lipinski definition) is 2. The van der Waals surface area contributed by atoms with Gasteiger partial charge in [0.15, 0.2) is 0 Å². The number of nitroso groups, excluding NO2 is 1. The predicted molar refractivity (Wildman–Crippen MR) is 52.6 cm³/mol. The summed E-state index contributed by atoms with van der Waals surface area (Å²) in [5.41, 5.74) is -1.04. The summed E-state index contributed by atoms with van der Waals surface area (Å²) in [6.45, 7) is 1.70. The van der Waals surface area contributed by atoms with Crippen LogP contribution in [0.2, 0.25) is 0 Å². The lowest BCUT2D eigenvalue weighted by molar-refractivity contribution is -0.137. The molecule has 0 spiro atoms. The van der Waals surface area contributed by atoms with Gasteiger partial charge in [0.1, 0.15) is 5.54 Å². The van der Waals surface area contributed by atoms with Gasteiger partial charge in [-0.1, -0.05) is 12.1 Å². The molecule has 0 saturated heterocycles. The van der Waals surface area contributed by atoms with Crippen LogP contribution in [0.3, 0.4) is 0 Å². The predicted octanol–water partition coefficient (Wildman–Crippen LogP) is 1.63. The highest BCUT2D eigenvalue weighted by atomic mass is 16.4. The summed E-state index contributed by atoms with van der Waals surface area (Å²) in [6, 6.07) is 0. The average Bonchev–Trinajstić information content (AvgIpc) is 2.19. The van der Waals surface area contributed by atoms with Crippen molar-refractivity contribution < 1.29 is 19.8 Å². The Morgan fingerprint density at radius 3 is 1.73 bits per heavy atom. The van der Waals surface area contributed by atoms with Crippen LogP contribution >= 0.6 is 0 Å². The van der Waals surface area contributed by atoms with E-state index in [0.717, 1.165) is 0 Å². The van der Waals surface area contributed by atoms with E-state index in [2.05, 4.69) is 5.18 Å². The van der Waals surface area contributed by atoms with Gasteiger partial charge in [0, 0.05) is 12.8 Å². The van der Waals surface area contributed by atoms with E-state index in [1.165, 1.54) is 0 Å². The molecule has 0 radical (unpaired) electrons. The summed E-state index contributed by atoms with van der Waals surface area (Å²) in [4.78, 5) is 31.4. The van der Waals surface area contributed by atoms with Gasteiger partial charge in [-0.15, -0.1) is 0 Å². The molecule has 0 atom stereocenters. The maximum Gasteiger partial charge on any atom is 0.303 e. The molecule has 0 rings (SSSR count). The smallest absolute Gasteiger partial charge is 0.303 e. The minimum absolute atomic E-state index is 0.0929. The lowest BCUT2D eigenvalue weighted by atomic mass is 9.86. The van der Waals surface area contributed by atoms with Crippen LogP contribution in [0, 0.1) is 4.91 Å². The van der Waals surface area contributed by atoms with E-state index >= 15 is 0 Å². The highest BCUT2D eigenvalue weighted by molar-refractivity contribution is 5.67. The van der Waals surface area contributed by atoms with Gasteiger partial charge in [-0.3, -0.25) is 9.59 Å². The van der Waals surface area contributed by atoms with Crippen LogP contribution in [-0.4, -0.2) is 27.7 Å². The molecule has 6 nitrogen and oxygen atoms in total. The summed E-state index contributed by atoms with van der Waals surface area (Å²) in [5, 5.41) is 19.9. The first-order chi connectivity index (χ1) is 6.95. The van der Waals surface area contributed by atoms with Crippen molar-refractivity contribution >= 4 is 11.9 Å². The summed E-state index contributed by atoms with van der Waals surface area (Å²) in [7, 11) is 0. The number of carbonyl (C=O) groups is 2. The molecule has 15 heavy (non-hydrogen) atoms. The maximum atomic E-state index is 10.6. The van der Waals surface area contributed by atoms with Gasteiger partial charge in [0.25, 0.3) is 0 Å². The largest absolute Gasteiger partial charge is 0.481 e. The monoisotopic (exact) mass is 217 g/mol. The first-order valence-corrected chi connectivity index (χ1v) is 4.74. The molecule has 0 heterocycles. The van der Waals surface area contributed by atoms with Crippen LogP contribution in [0.25, 0.3) is 0 Å². The summed E-state index contributed by atoms with van der Waals surface area (Å²) in [5.74, 6) is -2.02. The van der Waals surface area contributed by atoms with Crippen molar-refractivity contribution in [2.75, 3.05) is 0 Å². The zero-order valence-electron chi connectivity index (χ0n) is 8.60. The lowest BCUT2D eigenvalue weighted by Gasteiger charge is -2.23. The average molecular weight is 217 g/mol. The van der Waals surface area contributed by atoms with Crippen LogP contribution in [0.5, 0.6) is 0 Å². The fourth-order valence-electron chi connectivity index (χ4n) is 1.31. The molecule has 0 aliphatic heterocycles. The third kappa shape index (κ3) is 5.09. The van der Waals surface area contributed by atoms with Gasteiger partial charge >= 0.3 is 11.9 Å². The van der Waals surface area contributed by atoms with Gasteiger partial charge in [-0.05, 0) is 19.3 Å². The minimum atomic E-state index is -1.04. The van der Waals surface area contributed by atoms with Crippen molar-refractivity contribution in [1.29, 1.82) is 0 Å². The molecule has 0 amide bonds. The highest BCUT2D eigenvalue weighted by Crippen LogP contribution is 2.27. The molecule has 86 valence electrons. The van der Waals surface area contributed by atoms with Gasteiger partial charge in [0.05, 0.1) is 0 Å². The fourth-order valence-corrected chi connectivity index (χ4v) is 1.31. The first-order valence-electron chi connectivity index (χ1n) is 4.74. The third-order valence-electron chi connectivity index (χ3n) is 2.46. The summed E-state index contributed by atoms with van der Waals surface area (Å²) >= 11 is 0. The molecule has 0 aromatic carbocycles. The van der Waals surface area contributed by atoms with E-state index < -0.39 is 17.5 Å². The van der Waals surface area contributed by atoms with Crippen LogP contribution in [0.4, 0.5) is 0 Å². The second kappa shape index (κ2) is 6.10. The number of aliphatic carboxylic acids is 2. The molecule has 0 fully saturated rings. The second-order valence-corrected chi connectivity index (χ2v) is 3.46. The van der Waals surface area contributed by atoms with E-state index in [9.17, 15) is 14.5 Å². The first kappa shape index (κ1) is 13.5. The molecular formula is C9H15NO5. The Balaban J connectivity index is 4.35. The summed E-state index contributed by atoms with van der Waals surface area (Å²) < 4.78 is 0. The lowest BCUT2D eigenvalue weighted by Crippen LogP contribution is -2.27. The van der Waals surface area contributed by atoms with Crippen LogP contribution < -0.4 is 0 Å². The highest BCUT2D eigenvalue weighted by Gasteiger charge is 2.30. The quantitative estimate of drug-likeness (QED) is 0.601. The number of hydrogen-bond acceptors (Lipinski definition) is 4. The Labute approximate surface area is 87.3 Å². The summed E-state index contributed by atoms with van der Waals surface area (Å²) in [6.07, 6.45) is 0.209. The zero-order chi connectivity index (χ0) is 11.9. The Morgan fingerprint density at radius 1 is 1.13 bits per heavy atom. The van der Waals surface area contributed by atoms with E-state index in [-0.39, 0.29) is 25.7 Å². The number of rotatable bonds is 8. The Kier molecular flexibility index (Phi) is 5.51. The van der Waals surface area contributed by atoms with Gasteiger partial charge in [0.2, 0.25) is 0 Å². The molecule has 0 unspecified atom stereocenters. The Hall–Kier alpha value is -1.46. The molecule has 0 bridgehead atoms. The van der Waals surface area contributed by atoms with Gasteiger partial charge < -0.3 is 10.2 Å². The maximum absolute atomic E-state index is 10.6. The Bertz CT molecular complexity index is 233. The molecular weight excluding hydrogens is 202 g/mol. The molecule has 2 N–H and O–H groups in total. The molecule has 0 aromatic rings. The van der Waals surface area contributed by atoms with E-state index in [1.807, 2.05) is 0 Å². The van der Waals surface area contributed by atoms with E-state index in [1.54, 1.807) is 6.92 Å². The van der Waals surface area contributed by atoms with Gasteiger partial charge in [-0.25, -0.2) is 0 Å². The van der Waals surface area contributed by atoms with Crippen LogP contribution in [-0.2, 0) is 9.59 Å². The topological polar surface area (TPSA) is 104 Å². The minimum Gasteiger partial charge on any atom is -0.481 e. The Morgan fingerprint density at radius 2 is 1.53 bits per heavy atom. The van der Waals surface area contributed by atoms with Gasteiger partial charge in [-0.2, -0.15) is 4.91 Å². The molecule has 0 saturated carbocycles. The number of carboxylic acids is 2. The number of nitrogens with zero attached hydrogens (tertiary/aromatic N) is 1. The van der Waals surface area contributed by atoms with Crippen molar-refractivity contribution in [3.05, 3.63) is 4.91 Å². The normalized spacial score (nSPS) is 11.0. The van der Waals surface area contributed by atoms with E-state index in [4.69, 9.17) is 10.2 Å². The number of carboxylic acid groups (broad SMARTS) is 2. The zero-order valence-corrected chi connectivity index (χ0v) is 8.60. The molecule has 0 aliphatic carbocycles. The third-order valence-corrected chi connectivity index (χ3v) is 2.46. The molecule has 0 aliphatic rings.